The van der Waals surface area contributed by atoms with Crippen LogP contribution < -0.4 is 10.6 Å². The second kappa shape index (κ2) is 14.9. The van der Waals surface area contributed by atoms with E-state index in [4.69, 9.17) is 9.72 Å². The number of amides is 1. The van der Waals surface area contributed by atoms with Crippen LogP contribution in [0.3, 0.4) is 0 Å². The van der Waals surface area contributed by atoms with E-state index in [9.17, 15) is 27.9 Å². The van der Waals surface area contributed by atoms with Crippen LogP contribution in [0.5, 0.6) is 0 Å². The normalized spacial score (nSPS) is 14.1. The quantitative estimate of drug-likeness (QED) is 0.277. The average Bonchev–Trinajstić information content (AvgIpc) is 2.91. The molecule has 1 aliphatic rings. The van der Waals surface area contributed by atoms with Gasteiger partial charge in [-0.25, -0.2) is 19.7 Å². The lowest BCUT2D eigenvalue weighted by Crippen LogP contribution is -2.44. The van der Waals surface area contributed by atoms with Crippen LogP contribution in [0.2, 0.25) is 0 Å². The maximum Gasteiger partial charge on any atom is 0.435 e. The van der Waals surface area contributed by atoms with Gasteiger partial charge in [0.15, 0.2) is 11.4 Å². The average molecular weight is 567 g/mol. The summed E-state index contributed by atoms with van der Waals surface area (Å²) in [6, 6.07) is 2.77. The number of carbonyl (C=O) groups is 2. The predicted molar refractivity (Wildman–Crippen MR) is 142 cm³/mol. The molecule has 0 unspecified atom stereocenters. The number of pyridine rings is 1. The third kappa shape index (κ3) is 9.70. The summed E-state index contributed by atoms with van der Waals surface area (Å²) in [5, 5.41) is 15.2. The number of aryl methyl sites for hydroxylation is 2. The highest BCUT2D eigenvalue weighted by Gasteiger charge is 2.38. The lowest BCUT2D eigenvalue weighted by Gasteiger charge is -2.25. The fraction of sp³-hybridized carbons (Fsp3) is 0.593. The number of nitrogens with zero attached hydrogens (tertiary/aromatic N) is 4. The maximum absolute atomic E-state index is 13.2. The number of anilines is 1. The van der Waals surface area contributed by atoms with Crippen molar-refractivity contribution in [3.8, 4) is 0 Å². The summed E-state index contributed by atoms with van der Waals surface area (Å²) in [6.45, 7) is 6.71. The zero-order valence-corrected chi connectivity index (χ0v) is 22.8. The van der Waals surface area contributed by atoms with Gasteiger partial charge in [0.2, 0.25) is 0 Å². The number of alkyl halides is 3. The van der Waals surface area contributed by atoms with E-state index in [1.807, 2.05) is 18.7 Å². The first-order valence-electron chi connectivity index (χ1n) is 13.5. The molecule has 2 aromatic rings. The zero-order chi connectivity index (χ0) is 29.1. The lowest BCUT2D eigenvalue weighted by atomic mass is 10.1. The third-order valence-corrected chi connectivity index (χ3v) is 6.49. The van der Waals surface area contributed by atoms with Crippen LogP contribution in [0.4, 0.5) is 19.0 Å². The summed E-state index contributed by atoms with van der Waals surface area (Å²) in [6.07, 6.45) is 1.53. The van der Waals surface area contributed by atoms with Crippen LogP contribution in [0, 0.1) is 0 Å². The number of hydrogen-bond donors (Lipinski definition) is 3. The monoisotopic (exact) mass is 566 g/mol. The molecule has 0 radical (unpaired) electrons. The zero-order valence-electron chi connectivity index (χ0n) is 22.8. The topological polar surface area (TPSA) is 130 Å². The smallest absolute Gasteiger partial charge is 0.435 e. The molecule has 0 aliphatic carbocycles. The van der Waals surface area contributed by atoms with Crippen molar-refractivity contribution in [2.75, 3.05) is 38.1 Å². The molecule has 1 amide bonds. The standard InChI is InChI=1S/C27H37F3N6O4/c1-18(2)40-17-16-36(14-4-3-7-20-9-8-19-6-5-11-33-24(19)34-20)15-10-21(26(38)39)35-25(37)22-23(27(28,29)30)32-13-12-31-22/h8-9,12-13,18,21H,3-7,10-11,14-17H2,1-2H3,(H,33,34)(H,35,37)(H,38,39)/t21-/m0/s1. The van der Waals surface area contributed by atoms with E-state index in [-0.39, 0.29) is 12.5 Å². The van der Waals surface area contributed by atoms with Crippen molar-refractivity contribution in [3.05, 3.63) is 47.2 Å². The number of carboxylic acids is 1. The molecule has 0 aromatic carbocycles. The molecule has 0 spiro atoms. The lowest BCUT2D eigenvalue weighted by molar-refractivity contribution is -0.141. The molecule has 40 heavy (non-hydrogen) atoms. The molecule has 220 valence electrons. The fourth-order valence-corrected chi connectivity index (χ4v) is 4.41. The number of ether oxygens (including phenoxy) is 1. The van der Waals surface area contributed by atoms with Crippen LogP contribution in [0.25, 0.3) is 0 Å². The van der Waals surface area contributed by atoms with Crippen LogP contribution in [0.1, 0.15) is 67.0 Å². The molecule has 0 saturated heterocycles. The highest BCUT2D eigenvalue weighted by molar-refractivity contribution is 5.95. The summed E-state index contributed by atoms with van der Waals surface area (Å²) < 4.78 is 45.4. The molecule has 13 heteroatoms. The summed E-state index contributed by atoms with van der Waals surface area (Å²) in [5.74, 6) is -1.63. The summed E-state index contributed by atoms with van der Waals surface area (Å²) in [7, 11) is 0. The molecule has 1 atom stereocenters. The van der Waals surface area contributed by atoms with E-state index in [0.717, 1.165) is 62.6 Å². The Labute approximate surface area is 231 Å². The van der Waals surface area contributed by atoms with Crippen molar-refractivity contribution in [1.29, 1.82) is 0 Å². The van der Waals surface area contributed by atoms with Crippen molar-refractivity contribution in [1.82, 2.24) is 25.2 Å². The largest absolute Gasteiger partial charge is 0.480 e. The molecule has 3 N–H and O–H groups in total. The Bertz CT molecular complexity index is 1130. The second-order valence-corrected chi connectivity index (χ2v) is 9.96. The molecule has 0 bridgehead atoms. The van der Waals surface area contributed by atoms with Gasteiger partial charge in [-0.1, -0.05) is 6.07 Å². The van der Waals surface area contributed by atoms with Gasteiger partial charge in [-0.15, -0.1) is 0 Å². The number of aliphatic carboxylic acids is 1. The number of carboxylic acid groups (broad SMARTS) is 1. The Morgan fingerprint density at radius 1 is 1.15 bits per heavy atom. The number of nitrogens with one attached hydrogen (secondary N) is 2. The van der Waals surface area contributed by atoms with E-state index in [0.29, 0.717) is 26.2 Å². The van der Waals surface area contributed by atoms with Gasteiger partial charge < -0.3 is 25.4 Å². The Kier molecular flexibility index (Phi) is 11.6. The number of hydrogen-bond acceptors (Lipinski definition) is 8. The minimum Gasteiger partial charge on any atom is -0.480 e. The minimum atomic E-state index is -4.90. The Morgan fingerprint density at radius 3 is 2.65 bits per heavy atom. The van der Waals surface area contributed by atoms with Gasteiger partial charge in [-0.2, -0.15) is 13.2 Å². The van der Waals surface area contributed by atoms with Crippen LogP contribution >= 0.6 is 0 Å². The van der Waals surface area contributed by atoms with Crippen LogP contribution in [-0.4, -0.2) is 81.8 Å². The second-order valence-electron chi connectivity index (χ2n) is 9.96. The molecule has 0 fully saturated rings. The van der Waals surface area contributed by atoms with E-state index in [1.165, 1.54) is 5.56 Å². The van der Waals surface area contributed by atoms with Crippen LogP contribution in [-0.2, 0) is 28.5 Å². The SMILES string of the molecule is CC(C)OCCN(CCCCc1ccc2c(n1)NCCC2)CC[C@H](NC(=O)c1nccnc1C(F)(F)F)C(=O)O. The number of aromatic nitrogens is 3. The van der Waals surface area contributed by atoms with Gasteiger partial charge in [-0.05, 0) is 70.5 Å². The van der Waals surface area contributed by atoms with Gasteiger partial charge in [0.05, 0.1) is 12.7 Å². The van der Waals surface area contributed by atoms with Crippen molar-refractivity contribution in [2.24, 2.45) is 0 Å². The van der Waals surface area contributed by atoms with E-state index < -0.39 is 35.5 Å². The van der Waals surface area contributed by atoms with Gasteiger partial charge in [0, 0.05) is 37.7 Å². The first kappa shape index (κ1) is 31.2. The first-order chi connectivity index (χ1) is 19.0. The van der Waals surface area contributed by atoms with Crippen LogP contribution in [0.15, 0.2) is 24.5 Å². The number of carbonyl (C=O) groups excluding carboxylic acids is 1. The molecule has 1 aliphatic heterocycles. The van der Waals surface area contributed by atoms with E-state index in [1.54, 1.807) is 0 Å². The molecule has 2 aromatic heterocycles. The van der Waals surface area contributed by atoms with Crippen molar-refractivity contribution in [2.45, 2.75) is 70.7 Å². The molecule has 3 rings (SSSR count). The van der Waals surface area contributed by atoms with E-state index in [2.05, 4.69) is 32.7 Å². The Morgan fingerprint density at radius 2 is 1.93 bits per heavy atom. The number of rotatable bonds is 15. The third-order valence-electron chi connectivity index (χ3n) is 6.49. The molecule has 0 saturated carbocycles. The highest BCUT2D eigenvalue weighted by Crippen LogP contribution is 2.29. The first-order valence-corrected chi connectivity index (χ1v) is 13.5. The van der Waals surface area contributed by atoms with Crippen molar-refractivity contribution >= 4 is 17.7 Å². The van der Waals surface area contributed by atoms with Gasteiger partial charge >= 0.3 is 12.1 Å². The Balaban J connectivity index is 1.56. The summed E-state index contributed by atoms with van der Waals surface area (Å²) >= 11 is 0. The predicted octanol–water partition coefficient (Wildman–Crippen LogP) is 3.57. The number of unbranched alkanes of at least 4 members (excludes halogenated alkanes) is 1. The summed E-state index contributed by atoms with van der Waals surface area (Å²) in [5.41, 5.74) is -0.179. The molecular formula is C27H37F3N6O4. The minimum absolute atomic E-state index is 0.0115. The Hall–Kier alpha value is -3.32. The number of fused-ring (bicyclic) bond motifs is 1. The van der Waals surface area contributed by atoms with Crippen molar-refractivity contribution in [3.63, 3.8) is 0 Å². The fourth-order valence-electron chi connectivity index (χ4n) is 4.41. The van der Waals surface area contributed by atoms with Gasteiger partial charge in [0.25, 0.3) is 5.91 Å². The van der Waals surface area contributed by atoms with Gasteiger partial charge in [-0.3, -0.25) is 4.79 Å². The highest BCUT2D eigenvalue weighted by atomic mass is 19.4. The van der Waals surface area contributed by atoms with Crippen molar-refractivity contribution < 1.29 is 32.6 Å². The molecule has 10 nitrogen and oxygen atoms in total. The summed E-state index contributed by atoms with van der Waals surface area (Å²) in [4.78, 5) is 37.8. The molecule has 3 heterocycles. The molecular weight excluding hydrogens is 529 g/mol. The number of halogens is 3. The van der Waals surface area contributed by atoms with Gasteiger partial charge in [0.1, 0.15) is 11.9 Å². The maximum atomic E-state index is 13.2. The van der Waals surface area contributed by atoms with E-state index >= 15 is 0 Å².